The number of rotatable bonds is 5. The third-order valence-electron chi connectivity index (χ3n) is 4.31. The minimum absolute atomic E-state index is 0.288. The molecule has 0 spiro atoms. The van der Waals surface area contributed by atoms with Gasteiger partial charge in [0.1, 0.15) is 11.3 Å². The minimum Gasteiger partial charge on any atom is -0.496 e. The molecule has 6 nitrogen and oxygen atoms in total. The maximum absolute atomic E-state index is 12.7. The van der Waals surface area contributed by atoms with E-state index in [4.69, 9.17) is 4.74 Å². The largest absolute Gasteiger partial charge is 0.496 e. The number of pyridine rings is 1. The zero-order chi connectivity index (χ0) is 19.3. The summed E-state index contributed by atoms with van der Waals surface area (Å²) in [5, 5.41) is 7.02. The van der Waals surface area contributed by atoms with Gasteiger partial charge in [-0.25, -0.2) is 9.67 Å². The number of amides is 1. The zero-order valence-corrected chi connectivity index (χ0v) is 15.2. The van der Waals surface area contributed by atoms with Crippen molar-refractivity contribution in [2.75, 3.05) is 12.4 Å². The summed E-state index contributed by atoms with van der Waals surface area (Å²) >= 11 is 0. The highest BCUT2D eigenvalue weighted by atomic mass is 16.5. The first-order chi connectivity index (χ1) is 13.7. The van der Waals surface area contributed by atoms with Crippen LogP contribution in [0.3, 0.4) is 0 Å². The summed E-state index contributed by atoms with van der Waals surface area (Å²) < 4.78 is 6.98. The SMILES string of the molecule is COc1cc(-n2cccn2)ncc1C(=O)Nc1ccc(-c2ccccc2)cc1. The molecule has 28 heavy (non-hydrogen) atoms. The molecule has 4 rings (SSSR count). The second-order valence-corrected chi connectivity index (χ2v) is 6.09. The van der Waals surface area contributed by atoms with Crippen LogP contribution in [0.1, 0.15) is 10.4 Å². The number of carbonyl (C=O) groups is 1. The first-order valence-corrected chi connectivity index (χ1v) is 8.75. The molecular weight excluding hydrogens is 352 g/mol. The van der Waals surface area contributed by atoms with Gasteiger partial charge in [-0.2, -0.15) is 5.10 Å². The summed E-state index contributed by atoms with van der Waals surface area (Å²) in [5.74, 6) is 0.716. The second kappa shape index (κ2) is 7.75. The molecule has 0 saturated carbocycles. The van der Waals surface area contributed by atoms with Crippen molar-refractivity contribution < 1.29 is 9.53 Å². The van der Waals surface area contributed by atoms with E-state index in [1.807, 2.05) is 54.6 Å². The van der Waals surface area contributed by atoms with Crippen LogP contribution in [0.2, 0.25) is 0 Å². The van der Waals surface area contributed by atoms with Crippen molar-refractivity contribution in [1.29, 1.82) is 0 Å². The Kier molecular flexibility index (Phi) is 4.84. The van der Waals surface area contributed by atoms with Crippen LogP contribution in [0, 0.1) is 0 Å². The van der Waals surface area contributed by atoms with E-state index in [0.29, 0.717) is 22.8 Å². The zero-order valence-electron chi connectivity index (χ0n) is 15.2. The third-order valence-corrected chi connectivity index (χ3v) is 4.31. The molecule has 0 unspecified atom stereocenters. The number of methoxy groups -OCH3 is 1. The summed E-state index contributed by atoms with van der Waals surface area (Å²) in [5.41, 5.74) is 3.26. The van der Waals surface area contributed by atoms with Crippen molar-refractivity contribution in [3.05, 3.63) is 90.9 Å². The van der Waals surface area contributed by atoms with Gasteiger partial charge in [-0.3, -0.25) is 4.79 Å². The van der Waals surface area contributed by atoms with Crippen molar-refractivity contribution in [2.45, 2.75) is 0 Å². The third kappa shape index (κ3) is 3.61. The summed E-state index contributed by atoms with van der Waals surface area (Å²) in [6.45, 7) is 0. The number of nitrogens with one attached hydrogen (secondary N) is 1. The van der Waals surface area contributed by atoms with E-state index in [2.05, 4.69) is 15.4 Å². The smallest absolute Gasteiger partial charge is 0.261 e. The van der Waals surface area contributed by atoms with Crippen LogP contribution in [0.15, 0.2) is 85.3 Å². The van der Waals surface area contributed by atoms with Crippen LogP contribution in [0.25, 0.3) is 16.9 Å². The van der Waals surface area contributed by atoms with Crippen molar-refractivity contribution in [3.8, 4) is 22.7 Å². The molecule has 0 atom stereocenters. The monoisotopic (exact) mass is 370 g/mol. The van der Waals surface area contributed by atoms with Crippen LogP contribution in [-0.2, 0) is 0 Å². The Labute approximate surface area is 162 Å². The van der Waals surface area contributed by atoms with Crippen LogP contribution >= 0.6 is 0 Å². The van der Waals surface area contributed by atoms with Gasteiger partial charge in [-0.05, 0) is 29.3 Å². The molecule has 0 radical (unpaired) electrons. The predicted molar refractivity (Wildman–Crippen MR) is 108 cm³/mol. The molecule has 0 fully saturated rings. The van der Waals surface area contributed by atoms with Gasteiger partial charge >= 0.3 is 0 Å². The van der Waals surface area contributed by atoms with E-state index in [0.717, 1.165) is 11.1 Å². The molecule has 0 saturated heterocycles. The molecule has 4 aromatic rings. The van der Waals surface area contributed by atoms with Gasteiger partial charge < -0.3 is 10.1 Å². The highest BCUT2D eigenvalue weighted by molar-refractivity contribution is 6.06. The van der Waals surface area contributed by atoms with E-state index in [1.165, 1.54) is 13.3 Å². The van der Waals surface area contributed by atoms with Gasteiger partial charge in [0.15, 0.2) is 5.82 Å². The van der Waals surface area contributed by atoms with Gasteiger partial charge in [0.05, 0.1) is 7.11 Å². The fourth-order valence-electron chi connectivity index (χ4n) is 2.87. The van der Waals surface area contributed by atoms with Gasteiger partial charge in [-0.1, -0.05) is 42.5 Å². The number of ether oxygens (including phenoxy) is 1. The number of carbonyl (C=O) groups excluding carboxylic acids is 1. The Hall–Kier alpha value is -3.93. The lowest BCUT2D eigenvalue weighted by atomic mass is 10.1. The van der Waals surface area contributed by atoms with Gasteiger partial charge in [0.25, 0.3) is 5.91 Å². The topological polar surface area (TPSA) is 69.0 Å². The van der Waals surface area contributed by atoms with E-state index >= 15 is 0 Å². The Morgan fingerprint density at radius 1 is 1.00 bits per heavy atom. The van der Waals surface area contributed by atoms with E-state index in [9.17, 15) is 4.79 Å². The molecule has 0 aliphatic carbocycles. The number of aromatic nitrogens is 3. The first-order valence-electron chi connectivity index (χ1n) is 8.75. The Morgan fingerprint density at radius 2 is 1.75 bits per heavy atom. The summed E-state index contributed by atoms with van der Waals surface area (Å²) in [6.07, 6.45) is 4.92. The molecule has 138 valence electrons. The van der Waals surface area contributed by atoms with E-state index < -0.39 is 0 Å². The number of anilines is 1. The van der Waals surface area contributed by atoms with Crippen molar-refractivity contribution >= 4 is 11.6 Å². The average molecular weight is 370 g/mol. The number of hydrogen-bond donors (Lipinski definition) is 1. The summed E-state index contributed by atoms with van der Waals surface area (Å²) in [4.78, 5) is 17.0. The molecule has 0 aliphatic heterocycles. The summed E-state index contributed by atoms with van der Waals surface area (Å²) in [6, 6.07) is 21.2. The average Bonchev–Trinajstić information content (AvgIpc) is 3.29. The highest BCUT2D eigenvalue weighted by Crippen LogP contribution is 2.24. The van der Waals surface area contributed by atoms with Crippen LogP contribution < -0.4 is 10.1 Å². The summed E-state index contributed by atoms with van der Waals surface area (Å²) in [7, 11) is 1.52. The molecule has 6 heteroatoms. The first kappa shape index (κ1) is 17.5. The van der Waals surface area contributed by atoms with Gasteiger partial charge in [0, 0.05) is 30.3 Å². The normalized spacial score (nSPS) is 10.5. The molecule has 2 aromatic carbocycles. The fourth-order valence-corrected chi connectivity index (χ4v) is 2.87. The predicted octanol–water partition coefficient (Wildman–Crippen LogP) is 4.20. The molecule has 2 heterocycles. The Balaban J connectivity index is 1.53. The second-order valence-electron chi connectivity index (χ2n) is 6.09. The van der Waals surface area contributed by atoms with Crippen molar-refractivity contribution in [1.82, 2.24) is 14.8 Å². The van der Waals surface area contributed by atoms with E-state index in [-0.39, 0.29) is 5.91 Å². The van der Waals surface area contributed by atoms with E-state index in [1.54, 1.807) is 29.2 Å². The van der Waals surface area contributed by atoms with Crippen LogP contribution in [0.4, 0.5) is 5.69 Å². The van der Waals surface area contributed by atoms with Crippen LogP contribution in [0.5, 0.6) is 5.75 Å². The number of hydrogen-bond acceptors (Lipinski definition) is 4. The Bertz CT molecular complexity index is 1080. The minimum atomic E-state index is -0.288. The number of nitrogens with zero attached hydrogens (tertiary/aromatic N) is 3. The maximum atomic E-state index is 12.7. The Morgan fingerprint density at radius 3 is 2.43 bits per heavy atom. The van der Waals surface area contributed by atoms with Crippen molar-refractivity contribution in [3.63, 3.8) is 0 Å². The van der Waals surface area contributed by atoms with Gasteiger partial charge in [0.2, 0.25) is 0 Å². The van der Waals surface area contributed by atoms with Crippen molar-refractivity contribution in [2.24, 2.45) is 0 Å². The lowest BCUT2D eigenvalue weighted by Crippen LogP contribution is -2.14. The lowest BCUT2D eigenvalue weighted by Gasteiger charge is -2.11. The fraction of sp³-hybridized carbons (Fsp3) is 0.0455. The highest BCUT2D eigenvalue weighted by Gasteiger charge is 2.15. The molecular formula is C22H18N4O2. The molecule has 0 bridgehead atoms. The number of benzene rings is 2. The quantitative estimate of drug-likeness (QED) is 0.572. The standard InChI is InChI=1S/C22H18N4O2/c1-28-20-14-21(26-13-5-12-24-26)23-15-19(20)22(27)25-18-10-8-17(9-11-18)16-6-3-2-4-7-16/h2-15H,1H3,(H,25,27). The lowest BCUT2D eigenvalue weighted by molar-refractivity contribution is 0.102. The molecule has 1 N–H and O–H groups in total. The molecule has 2 aromatic heterocycles. The molecule has 1 amide bonds. The van der Waals surface area contributed by atoms with Crippen LogP contribution in [-0.4, -0.2) is 27.8 Å². The van der Waals surface area contributed by atoms with Gasteiger partial charge in [-0.15, -0.1) is 0 Å². The maximum Gasteiger partial charge on any atom is 0.261 e. The molecule has 0 aliphatic rings.